The lowest BCUT2D eigenvalue weighted by molar-refractivity contribution is -0.117. The van der Waals surface area contributed by atoms with Gasteiger partial charge in [-0.1, -0.05) is 36.4 Å². The summed E-state index contributed by atoms with van der Waals surface area (Å²) in [6.07, 6.45) is 5.08. The highest BCUT2D eigenvalue weighted by Crippen LogP contribution is 2.16. The van der Waals surface area contributed by atoms with E-state index in [0.717, 1.165) is 31.6 Å². The number of amides is 2. The summed E-state index contributed by atoms with van der Waals surface area (Å²) in [5.41, 5.74) is 2.56. The first kappa shape index (κ1) is 20.1. The van der Waals surface area contributed by atoms with E-state index in [9.17, 15) is 9.59 Å². The van der Waals surface area contributed by atoms with Crippen LogP contribution in [-0.4, -0.2) is 36.3 Å². The Kier molecular flexibility index (Phi) is 7.62. The lowest BCUT2D eigenvalue weighted by atomic mass is 10.1. The summed E-state index contributed by atoms with van der Waals surface area (Å²) in [7, 11) is 0. The number of benzene rings is 2. The molecule has 0 bridgehead atoms. The number of likely N-dealkylation sites (tertiary alicyclic amines) is 1. The van der Waals surface area contributed by atoms with Crippen LogP contribution < -0.4 is 10.6 Å². The summed E-state index contributed by atoms with van der Waals surface area (Å²) in [5, 5.41) is 5.84. The summed E-state index contributed by atoms with van der Waals surface area (Å²) in [5.74, 6) is -0.00954. The SMILES string of the molecule is O=C(CCCN1CCCC1)Nc1cccc(NC(=O)CCc2ccccc2)c1. The van der Waals surface area contributed by atoms with Gasteiger partial charge in [0.05, 0.1) is 0 Å². The molecule has 5 heteroatoms. The van der Waals surface area contributed by atoms with Crippen molar-refractivity contribution in [2.45, 2.75) is 38.5 Å². The number of nitrogens with one attached hydrogen (secondary N) is 2. The van der Waals surface area contributed by atoms with E-state index in [1.807, 2.05) is 48.5 Å². The van der Waals surface area contributed by atoms with Crippen LogP contribution in [0.4, 0.5) is 11.4 Å². The lowest BCUT2D eigenvalue weighted by Gasteiger charge is -2.14. The van der Waals surface area contributed by atoms with E-state index >= 15 is 0 Å². The Hall–Kier alpha value is -2.66. The van der Waals surface area contributed by atoms with Crippen molar-refractivity contribution < 1.29 is 9.59 Å². The molecule has 1 saturated heterocycles. The predicted molar refractivity (Wildman–Crippen MR) is 113 cm³/mol. The standard InChI is InChI=1S/C23H29N3O2/c27-22(12-7-17-26-15-4-5-16-26)24-20-10-6-11-21(18-20)25-23(28)14-13-19-8-2-1-3-9-19/h1-3,6,8-11,18H,4-5,7,12-17H2,(H,24,27)(H,25,28). The number of hydrogen-bond donors (Lipinski definition) is 2. The Morgan fingerprint density at radius 1 is 0.821 bits per heavy atom. The minimum Gasteiger partial charge on any atom is -0.326 e. The summed E-state index contributed by atoms with van der Waals surface area (Å²) < 4.78 is 0. The first-order valence-corrected chi connectivity index (χ1v) is 10.1. The molecular formula is C23H29N3O2. The van der Waals surface area contributed by atoms with Gasteiger partial charge in [0.2, 0.25) is 11.8 Å². The molecule has 148 valence electrons. The summed E-state index contributed by atoms with van der Waals surface area (Å²) in [6.45, 7) is 3.31. The van der Waals surface area contributed by atoms with Gasteiger partial charge in [0.15, 0.2) is 0 Å². The molecule has 0 saturated carbocycles. The molecular weight excluding hydrogens is 350 g/mol. The number of aryl methyl sites for hydroxylation is 1. The fourth-order valence-corrected chi connectivity index (χ4v) is 3.49. The van der Waals surface area contributed by atoms with Crippen molar-refractivity contribution >= 4 is 23.2 Å². The van der Waals surface area contributed by atoms with Gasteiger partial charge in [-0.15, -0.1) is 0 Å². The van der Waals surface area contributed by atoms with Crippen molar-refractivity contribution in [3.63, 3.8) is 0 Å². The molecule has 2 aromatic carbocycles. The molecule has 2 amide bonds. The monoisotopic (exact) mass is 379 g/mol. The highest BCUT2D eigenvalue weighted by Gasteiger charge is 2.12. The van der Waals surface area contributed by atoms with E-state index < -0.39 is 0 Å². The summed E-state index contributed by atoms with van der Waals surface area (Å²) in [6, 6.07) is 17.3. The molecule has 0 unspecified atom stereocenters. The Balaban J connectivity index is 1.41. The second-order valence-corrected chi connectivity index (χ2v) is 7.32. The molecule has 1 fully saturated rings. The average molecular weight is 380 g/mol. The van der Waals surface area contributed by atoms with Crippen molar-refractivity contribution in [1.29, 1.82) is 0 Å². The molecule has 5 nitrogen and oxygen atoms in total. The normalized spacial score (nSPS) is 14.0. The van der Waals surface area contributed by atoms with Crippen LogP contribution >= 0.6 is 0 Å². The fraction of sp³-hybridized carbons (Fsp3) is 0.391. The van der Waals surface area contributed by atoms with Crippen LogP contribution in [-0.2, 0) is 16.0 Å². The summed E-state index contributed by atoms with van der Waals surface area (Å²) in [4.78, 5) is 26.8. The van der Waals surface area contributed by atoms with Crippen LogP contribution in [0.2, 0.25) is 0 Å². The maximum absolute atomic E-state index is 12.2. The molecule has 0 radical (unpaired) electrons. The fourth-order valence-electron chi connectivity index (χ4n) is 3.49. The van der Waals surface area contributed by atoms with Crippen LogP contribution in [0.1, 0.15) is 37.7 Å². The molecule has 2 aromatic rings. The number of hydrogen-bond acceptors (Lipinski definition) is 3. The van der Waals surface area contributed by atoms with Gasteiger partial charge in [-0.3, -0.25) is 9.59 Å². The van der Waals surface area contributed by atoms with E-state index in [0.29, 0.717) is 30.6 Å². The maximum atomic E-state index is 12.2. The van der Waals surface area contributed by atoms with Gasteiger partial charge >= 0.3 is 0 Å². The van der Waals surface area contributed by atoms with Crippen molar-refractivity contribution in [2.75, 3.05) is 30.3 Å². The quantitative estimate of drug-likeness (QED) is 0.690. The Morgan fingerprint density at radius 2 is 1.46 bits per heavy atom. The lowest BCUT2D eigenvalue weighted by Crippen LogP contribution is -2.22. The number of carbonyl (C=O) groups excluding carboxylic acids is 2. The zero-order chi connectivity index (χ0) is 19.6. The zero-order valence-electron chi connectivity index (χ0n) is 16.3. The molecule has 0 atom stereocenters. The van der Waals surface area contributed by atoms with Gasteiger partial charge in [-0.2, -0.15) is 0 Å². The molecule has 1 heterocycles. The third-order valence-electron chi connectivity index (χ3n) is 4.99. The molecule has 3 rings (SSSR count). The Labute approximate surface area is 167 Å². The van der Waals surface area contributed by atoms with Gasteiger partial charge in [0, 0.05) is 24.2 Å². The first-order chi connectivity index (χ1) is 13.7. The topological polar surface area (TPSA) is 61.4 Å². The van der Waals surface area contributed by atoms with Crippen LogP contribution in [0.3, 0.4) is 0 Å². The summed E-state index contributed by atoms with van der Waals surface area (Å²) >= 11 is 0. The van der Waals surface area contributed by atoms with Gasteiger partial charge in [0.1, 0.15) is 0 Å². The minimum atomic E-state index is -0.0297. The maximum Gasteiger partial charge on any atom is 0.224 e. The van der Waals surface area contributed by atoms with Crippen LogP contribution in [0.25, 0.3) is 0 Å². The zero-order valence-corrected chi connectivity index (χ0v) is 16.3. The number of rotatable bonds is 9. The largest absolute Gasteiger partial charge is 0.326 e. The highest BCUT2D eigenvalue weighted by atomic mass is 16.2. The van der Waals surface area contributed by atoms with Crippen LogP contribution in [0, 0.1) is 0 Å². The Morgan fingerprint density at radius 3 is 2.14 bits per heavy atom. The Bertz CT molecular complexity index is 770. The molecule has 2 N–H and O–H groups in total. The molecule has 0 spiro atoms. The van der Waals surface area contributed by atoms with Crippen molar-refractivity contribution in [2.24, 2.45) is 0 Å². The number of carbonyl (C=O) groups is 2. The molecule has 1 aliphatic heterocycles. The van der Waals surface area contributed by atoms with E-state index in [-0.39, 0.29) is 11.8 Å². The molecule has 28 heavy (non-hydrogen) atoms. The minimum absolute atomic E-state index is 0.0201. The van der Waals surface area contributed by atoms with E-state index in [1.165, 1.54) is 12.8 Å². The van der Waals surface area contributed by atoms with Crippen LogP contribution in [0.5, 0.6) is 0 Å². The number of anilines is 2. The second kappa shape index (κ2) is 10.6. The molecule has 1 aliphatic rings. The van der Waals surface area contributed by atoms with Crippen molar-refractivity contribution in [3.05, 3.63) is 60.2 Å². The molecule has 0 aromatic heterocycles. The van der Waals surface area contributed by atoms with Gasteiger partial charge in [-0.25, -0.2) is 0 Å². The third-order valence-corrected chi connectivity index (χ3v) is 4.99. The first-order valence-electron chi connectivity index (χ1n) is 10.1. The molecule has 0 aliphatic carbocycles. The smallest absolute Gasteiger partial charge is 0.224 e. The highest BCUT2D eigenvalue weighted by molar-refractivity contribution is 5.94. The van der Waals surface area contributed by atoms with Crippen molar-refractivity contribution in [3.8, 4) is 0 Å². The van der Waals surface area contributed by atoms with E-state index in [1.54, 1.807) is 6.07 Å². The second-order valence-electron chi connectivity index (χ2n) is 7.32. The van der Waals surface area contributed by atoms with Crippen LogP contribution in [0.15, 0.2) is 54.6 Å². The van der Waals surface area contributed by atoms with Gasteiger partial charge in [-0.05, 0) is 69.1 Å². The van der Waals surface area contributed by atoms with Gasteiger partial charge < -0.3 is 15.5 Å². The van der Waals surface area contributed by atoms with Crippen molar-refractivity contribution in [1.82, 2.24) is 4.90 Å². The third kappa shape index (κ3) is 6.82. The number of nitrogens with zero attached hydrogens (tertiary/aromatic N) is 1. The van der Waals surface area contributed by atoms with E-state index in [2.05, 4.69) is 15.5 Å². The van der Waals surface area contributed by atoms with Gasteiger partial charge in [0.25, 0.3) is 0 Å². The van der Waals surface area contributed by atoms with E-state index in [4.69, 9.17) is 0 Å². The average Bonchev–Trinajstić information content (AvgIpc) is 3.21. The predicted octanol–water partition coefficient (Wildman–Crippen LogP) is 4.07.